The van der Waals surface area contributed by atoms with Crippen LogP contribution in [0.3, 0.4) is 0 Å². The van der Waals surface area contributed by atoms with Crippen LogP contribution in [0.15, 0.2) is 23.4 Å². The number of nitrogen functional groups attached to an aromatic ring is 1. The first-order chi connectivity index (χ1) is 8.63. The number of carbonyl (C=O) groups is 2. The molecule has 1 aromatic heterocycles. The van der Waals surface area contributed by atoms with Crippen molar-refractivity contribution in [1.82, 2.24) is 9.88 Å². The highest BCUT2D eigenvalue weighted by atomic mass is 32.2. The molecule has 0 aliphatic carbocycles. The molecule has 1 atom stereocenters. The van der Waals surface area contributed by atoms with Gasteiger partial charge in [-0.25, -0.2) is 0 Å². The molecule has 2 rings (SSSR count). The van der Waals surface area contributed by atoms with Crippen molar-refractivity contribution in [2.24, 2.45) is 0 Å². The van der Waals surface area contributed by atoms with E-state index in [1.807, 2.05) is 6.92 Å². The Bertz CT molecular complexity index is 478. The number of carbonyl (C=O) groups excluding carboxylic acids is 2. The Morgan fingerprint density at radius 2 is 2.33 bits per heavy atom. The smallest absolute Gasteiger partial charge is 0.243 e. The fraction of sp³-hybridized carbons (Fsp3) is 0.417. The standard InChI is InChI=1S/C12H15N3O2S/c1-2-5-15-11(16)6-10(12(15)17)18-9-3-4-14-7-8(9)13/h3-4,7,10H,2,5-6,13H2,1H3. The summed E-state index contributed by atoms with van der Waals surface area (Å²) in [5, 5.41) is -0.353. The Kier molecular flexibility index (Phi) is 3.86. The predicted octanol–water partition coefficient (Wildman–Crippen LogP) is 1.29. The summed E-state index contributed by atoms with van der Waals surface area (Å²) in [7, 11) is 0. The van der Waals surface area contributed by atoms with Crippen molar-refractivity contribution in [2.45, 2.75) is 29.9 Å². The molecule has 1 saturated heterocycles. The highest BCUT2D eigenvalue weighted by Gasteiger charge is 2.38. The summed E-state index contributed by atoms with van der Waals surface area (Å²) in [6.45, 7) is 2.45. The molecule has 0 spiro atoms. The minimum Gasteiger partial charge on any atom is -0.397 e. The maximum absolute atomic E-state index is 12.0. The lowest BCUT2D eigenvalue weighted by atomic mass is 10.3. The Balaban J connectivity index is 2.10. The molecular weight excluding hydrogens is 250 g/mol. The van der Waals surface area contributed by atoms with Gasteiger partial charge in [-0.1, -0.05) is 6.92 Å². The fourth-order valence-corrected chi connectivity index (χ4v) is 2.95. The highest BCUT2D eigenvalue weighted by Crippen LogP contribution is 2.33. The maximum atomic E-state index is 12.0. The van der Waals surface area contributed by atoms with E-state index in [-0.39, 0.29) is 23.5 Å². The van der Waals surface area contributed by atoms with E-state index in [0.29, 0.717) is 12.2 Å². The van der Waals surface area contributed by atoms with Crippen molar-refractivity contribution < 1.29 is 9.59 Å². The molecule has 1 aliphatic rings. The average molecular weight is 265 g/mol. The number of nitrogens with two attached hydrogens (primary N) is 1. The number of anilines is 1. The SMILES string of the molecule is CCCN1C(=O)CC(Sc2ccncc2N)C1=O. The van der Waals surface area contributed by atoms with Crippen molar-refractivity contribution in [2.75, 3.05) is 12.3 Å². The van der Waals surface area contributed by atoms with Gasteiger partial charge in [0.25, 0.3) is 0 Å². The largest absolute Gasteiger partial charge is 0.397 e. The van der Waals surface area contributed by atoms with Crippen LogP contribution in [-0.2, 0) is 9.59 Å². The van der Waals surface area contributed by atoms with E-state index in [9.17, 15) is 9.59 Å². The molecule has 1 unspecified atom stereocenters. The van der Waals surface area contributed by atoms with Gasteiger partial charge in [0.1, 0.15) is 0 Å². The number of amides is 2. The summed E-state index contributed by atoms with van der Waals surface area (Å²) >= 11 is 1.34. The van der Waals surface area contributed by atoms with Gasteiger partial charge in [0, 0.05) is 24.1 Å². The van der Waals surface area contributed by atoms with E-state index < -0.39 is 0 Å². The summed E-state index contributed by atoms with van der Waals surface area (Å²) in [5.74, 6) is -0.199. The van der Waals surface area contributed by atoms with Crippen LogP contribution in [0, 0.1) is 0 Å². The van der Waals surface area contributed by atoms with E-state index in [4.69, 9.17) is 5.73 Å². The highest BCUT2D eigenvalue weighted by molar-refractivity contribution is 8.00. The van der Waals surface area contributed by atoms with E-state index in [1.54, 1.807) is 18.5 Å². The second-order valence-corrected chi connectivity index (χ2v) is 5.35. The van der Waals surface area contributed by atoms with Gasteiger partial charge in [-0.05, 0) is 12.5 Å². The van der Waals surface area contributed by atoms with Crippen LogP contribution >= 0.6 is 11.8 Å². The molecule has 2 heterocycles. The van der Waals surface area contributed by atoms with Crippen molar-refractivity contribution >= 4 is 29.3 Å². The molecule has 2 N–H and O–H groups in total. The van der Waals surface area contributed by atoms with Gasteiger partial charge in [0.15, 0.2) is 0 Å². The summed E-state index contributed by atoms with van der Waals surface area (Å²) in [6, 6.07) is 1.76. The zero-order chi connectivity index (χ0) is 13.1. The first-order valence-electron chi connectivity index (χ1n) is 5.83. The van der Waals surface area contributed by atoms with Crippen molar-refractivity contribution in [3.63, 3.8) is 0 Å². The number of rotatable bonds is 4. The monoisotopic (exact) mass is 265 g/mol. The third-order valence-corrected chi connectivity index (χ3v) is 4.01. The first-order valence-corrected chi connectivity index (χ1v) is 6.71. The molecule has 6 heteroatoms. The van der Waals surface area contributed by atoms with Gasteiger partial charge in [-0.3, -0.25) is 19.5 Å². The Morgan fingerprint density at radius 1 is 1.56 bits per heavy atom. The predicted molar refractivity (Wildman–Crippen MR) is 69.9 cm³/mol. The van der Waals surface area contributed by atoms with E-state index in [0.717, 1.165) is 11.3 Å². The molecule has 96 valence electrons. The number of imide groups is 1. The topological polar surface area (TPSA) is 76.3 Å². The first kappa shape index (κ1) is 12.9. The molecule has 1 fully saturated rings. The molecule has 18 heavy (non-hydrogen) atoms. The molecule has 0 aromatic carbocycles. The molecule has 2 amide bonds. The zero-order valence-electron chi connectivity index (χ0n) is 10.1. The van der Waals surface area contributed by atoms with Gasteiger partial charge in [0.2, 0.25) is 11.8 Å². The summed E-state index contributed by atoms with van der Waals surface area (Å²) in [5.41, 5.74) is 6.32. The number of likely N-dealkylation sites (tertiary alicyclic amines) is 1. The molecule has 5 nitrogen and oxygen atoms in total. The van der Waals surface area contributed by atoms with Crippen molar-refractivity contribution in [3.8, 4) is 0 Å². The molecule has 1 aliphatic heterocycles. The molecule has 0 bridgehead atoms. The second kappa shape index (κ2) is 5.39. The van der Waals surface area contributed by atoms with Crippen LogP contribution in [-0.4, -0.2) is 33.5 Å². The fourth-order valence-electron chi connectivity index (χ4n) is 1.86. The zero-order valence-corrected chi connectivity index (χ0v) is 10.9. The summed E-state index contributed by atoms with van der Waals surface area (Å²) in [6.07, 6.45) is 4.22. The second-order valence-electron chi connectivity index (χ2n) is 4.11. The number of hydrogen-bond donors (Lipinski definition) is 1. The van der Waals surface area contributed by atoms with Crippen LogP contribution < -0.4 is 5.73 Å². The lowest BCUT2D eigenvalue weighted by molar-refractivity contribution is -0.138. The van der Waals surface area contributed by atoms with Crippen LogP contribution in [0.25, 0.3) is 0 Å². The van der Waals surface area contributed by atoms with E-state index in [2.05, 4.69) is 4.98 Å². The van der Waals surface area contributed by atoms with Crippen molar-refractivity contribution in [1.29, 1.82) is 0 Å². The van der Waals surface area contributed by atoms with E-state index in [1.165, 1.54) is 16.7 Å². The summed E-state index contributed by atoms with van der Waals surface area (Å²) < 4.78 is 0. The normalized spacial score (nSPS) is 19.6. The Hall–Kier alpha value is -1.56. The van der Waals surface area contributed by atoms with Crippen LogP contribution in [0.5, 0.6) is 0 Å². The number of pyridine rings is 1. The Labute approximate surface area is 110 Å². The van der Waals surface area contributed by atoms with Gasteiger partial charge in [0.05, 0.1) is 17.1 Å². The van der Waals surface area contributed by atoms with Crippen molar-refractivity contribution in [3.05, 3.63) is 18.5 Å². The van der Waals surface area contributed by atoms with Gasteiger partial charge >= 0.3 is 0 Å². The summed E-state index contributed by atoms with van der Waals surface area (Å²) in [4.78, 5) is 29.8. The minimum absolute atomic E-state index is 0.0908. The van der Waals surface area contributed by atoms with E-state index >= 15 is 0 Å². The van der Waals surface area contributed by atoms with Crippen LogP contribution in [0.4, 0.5) is 5.69 Å². The maximum Gasteiger partial charge on any atom is 0.243 e. The average Bonchev–Trinajstić information content (AvgIpc) is 2.60. The van der Waals surface area contributed by atoms with Crippen LogP contribution in [0.1, 0.15) is 19.8 Å². The number of hydrogen-bond acceptors (Lipinski definition) is 5. The lowest BCUT2D eigenvalue weighted by Gasteiger charge is -2.13. The molecule has 1 aromatic rings. The minimum atomic E-state index is -0.353. The Morgan fingerprint density at radius 3 is 3.00 bits per heavy atom. The number of nitrogens with zero attached hydrogens (tertiary/aromatic N) is 2. The molecular formula is C12H15N3O2S. The lowest BCUT2D eigenvalue weighted by Crippen LogP contribution is -2.31. The van der Waals surface area contributed by atoms with Crippen LogP contribution in [0.2, 0.25) is 0 Å². The number of aromatic nitrogens is 1. The molecule has 0 radical (unpaired) electrons. The van der Waals surface area contributed by atoms with Gasteiger partial charge in [-0.15, -0.1) is 11.8 Å². The van der Waals surface area contributed by atoms with Gasteiger partial charge in [-0.2, -0.15) is 0 Å². The third-order valence-electron chi connectivity index (χ3n) is 2.73. The third kappa shape index (κ3) is 2.48. The quantitative estimate of drug-likeness (QED) is 0.830. The van der Waals surface area contributed by atoms with Gasteiger partial charge < -0.3 is 5.73 Å². The number of thioether (sulfide) groups is 1. The molecule has 0 saturated carbocycles.